The molecular formula is C10H9F12NO3. The Balaban J connectivity index is 5.98. The first-order valence-corrected chi connectivity index (χ1v) is 6.10. The Morgan fingerprint density at radius 3 is 1.62 bits per heavy atom. The molecule has 16 heteroatoms. The maximum atomic E-state index is 13.3. The zero-order valence-corrected chi connectivity index (χ0v) is 12.2. The van der Waals surface area contributed by atoms with E-state index in [0.717, 1.165) is 6.92 Å². The highest BCUT2D eigenvalue weighted by molar-refractivity contribution is 5.67. The van der Waals surface area contributed by atoms with Crippen LogP contribution in [0.25, 0.3) is 0 Å². The number of aliphatic hydroxyl groups is 1. The van der Waals surface area contributed by atoms with E-state index in [4.69, 9.17) is 5.11 Å². The van der Waals surface area contributed by atoms with Crippen molar-refractivity contribution in [2.75, 3.05) is 6.61 Å². The van der Waals surface area contributed by atoms with E-state index < -0.39 is 55.0 Å². The van der Waals surface area contributed by atoms with Gasteiger partial charge in [-0.1, -0.05) is 0 Å². The number of carbonyl (C=O) groups excluding carboxylic acids is 1. The van der Waals surface area contributed by atoms with E-state index >= 15 is 0 Å². The van der Waals surface area contributed by atoms with Gasteiger partial charge in [0, 0.05) is 0 Å². The van der Waals surface area contributed by atoms with Crippen molar-refractivity contribution in [1.82, 2.24) is 5.32 Å². The Bertz CT molecular complexity index is 509. The van der Waals surface area contributed by atoms with E-state index in [1.54, 1.807) is 0 Å². The van der Waals surface area contributed by atoms with Gasteiger partial charge in [0.05, 0.1) is 6.61 Å². The van der Waals surface area contributed by atoms with Crippen LogP contribution in [0.4, 0.5) is 57.5 Å². The van der Waals surface area contributed by atoms with Gasteiger partial charge in [0.15, 0.2) is 0 Å². The van der Waals surface area contributed by atoms with Crippen LogP contribution in [0.5, 0.6) is 0 Å². The molecule has 1 amide bonds. The van der Waals surface area contributed by atoms with Gasteiger partial charge in [0.25, 0.3) is 0 Å². The molecular weight excluding hydrogens is 410 g/mol. The number of hydrogen-bond donors (Lipinski definition) is 2. The summed E-state index contributed by atoms with van der Waals surface area (Å²) in [4.78, 5) is 10.7. The average molecular weight is 419 g/mol. The highest BCUT2D eigenvalue weighted by atomic mass is 19.4. The lowest BCUT2D eigenvalue weighted by molar-refractivity contribution is -0.420. The van der Waals surface area contributed by atoms with Crippen LogP contribution in [-0.4, -0.2) is 60.1 Å². The summed E-state index contributed by atoms with van der Waals surface area (Å²) in [5.41, 5.74) is 0. The minimum atomic E-state index is -7.79. The second-order valence-electron chi connectivity index (χ2n) is 4.54. The number of hydrogen-bond acceptors (Lipinski definition) is 3. The maximum Gasteiger partial charge on any atom is 0.409 e. The number of aliphatic hydroxyl groups excluding tert-OH is 1. The van der Waals surface area contributed by atoms with Crippen LogP contribution in [0.1, 0.15) is 6.92 Å². The van der Waals surface area contributed by atoms with Crippen LogP contribution in [0.3, 0.4) is 0 Å². The van der Waals surface area contributed by atoms with E-state index in [0.29, 0.717) is 5.32 Å². The number of carbonyl (C=O) groups is 1. The fraction of sp³-hybridized carbons (Fsp3) is 0.900. The summed E-state index contributed by atoms with van der Waals surface area (Å²) in [5.74, 6) is -36.9. The zero-order valence-electron chi connectivity index (χ0n) is 12.2. The summed E-state index contributed by atoms with van der Waals surface area (Å²) in [6, 6.07) is 0. The lowest BCUT2D eigenvalue weighted by Gasteiger charge is -2.40. The van der Waals surface area contributed by atoms with Crippen molar-refractivity contribution in [3.8, 4) is 0 Å². The summed E-state index contributed by atoms with van der Waals surface area (Å²) in [5, 5.41) is 9.16. The molecule has 156 valence electrons. The molecule has 0 saturated heterocycles. The van der Waals surface area contributed by atoms with Gasteiger partial charge in [-0.05, 0) is 6.92 Å². The number of halogens is 12. The van der Waals surface area contributed by atoms with Crippen molar-refractivity contribution >= 4 is 6.09 Å². The third-order valence-electron chi connectivity index (χ3n) is 2.77. The van der Waals surface area contributed by atoms with E-state index in [9.17, 15) is 57.5 Å². The predicted molar refractivity (Wildman–Crippen MR) is 56.9 cm³/mol. The molecule has 0 radical (unpaired) electrons. The lowest BCUT2D eigenvalue weighted by atomic mass is 9.93. The molecule has 0 aliphatic carbocycles. The average Bonchev–Trinajstić information content (AvgIpc) is 2.46. The van der Waals surface area contributed by atoms with Gasteiger partial charge in [-0.25, -0.2) is 13.6 Å². The van der Waals surface area contributed by atoms with Gasteiger partial charge in [0.2, 0.25) is 6.23 Å². The van der Waals surface area contributed by atoms with Crippen molar-refractivity contribution in [1.29, 1.82) is 0 Å². The van der Waals surface area contributed by atoms with Gasteiger partial charge in [-0.15, -0.1) is 0 Å². The quantitative estimate of drug-likeness (QED) is 0.468. The first kappa shape index (κ1) is 24.4. The van der Waals surface area contributed by atoms with Crippen LogP contribution in [0.2, 0.25) is 0 Å². The molecule has 0 spiro atoms. The zero-order chi connectivity index (χ0) is 21.4. The highest BCUT2D eigenvalue weighted by Gasteiger charge is 2.88. The Morgan fingerprint density at radius 2 is 1.27 bits per heavy atom. The Kier molecular flexibility index (Phi) is 6.74. The van der Waals surface area contributed by atoms with Crippen LogP contribution < -0.4 is 5.32 Å². The van der Waals surface area contributed by atoms with Crippen molar-refractivity contribution in [2.45, 2.75) is 49.2 Å². The normalized spacial score (nSPS) is 15.8. The number of alkyl carbamates (subject to hydrolysis) is 1. The molecule has 0 fully saturated rings. The Morgan fingerprint density at radius 1 is 0.885 bits per heavy atom. The second-order valence-corrected chi connectivity index (χ2v) is 4.54. The van der Waals surface area contributed by atoms with E-state index in [1.165, 1.54) is 0 Å². The standard InChI is InChI=1S/C10H9F12NO3/c1-2-26-5(25)23-4(24)7(15,16)9(19,20)10(21,22)8(17,18)6(13,14)3(11)12/h3-4,24H,2H2,1H3,(H,23,25)/t4-/m0/s1. The molecule has 1 atom stereocenters. The van der Waals surface area contributed by atoms with Gasteiger partial charge >= 0.3 is 42.1 Å². The first-order valence-electron chi connectivity index (χ1n) is 6.10. The summed E-state index contributed by atoms with van der Waals surface area (Å²) < 4.78 is 158. The summed E-state index contributed by atoms with van der Waals surface area (Å²) >= 11 is 0. The molecule has 0 aromatic heterocycles. The van der Waals surface area contributed by atoms with Crippen LogP contribution >= 0.6 is 0 Å². The van der Waals surface area contributed by atoms with Gasteiger partial charge in [0.1, 0.15) is 0 Å². The molecule has 0 heterocycles. The monoisotopic (exact) mass is 419 g/mol. The van der Waals surface area contributed by atoms with Gasteiger partial charge < -0.3 is 9.84 Å². The fourth-order valence-electron chi connectivity index (χ4n) is 1.30. The highest BCUT2D eigenvalue weighted by Crippen LogP contribution is 2.58. The van der Waals surface area contributed by atoms with Crippen LogP contribution in [0.15, 0.2) is 0 Å². The maximum absolute atomic E-state index is 13.3. The minimum absolute atomic E-state index is 0.463. The Hall–Kier alpha value is -1.61. The molecule has 0 aliphatic rings. The summed E-state index contributed by atoms with van der Waals surface area (Å²) in [6.45, 7) is 0.440. The van der Waals surface area contributed by atoms with Gasteiger partial charge in [-0.3, -0.25) is 5.32 Å². The van der Waals surface area contributed by atoms with E-state index in [-0.39, 0.29) is 0 Å². The third-order valence-corrected chi connectivity index (χ3v) is 2.77. The van der Waals surface area contributed by atoms with Crippen molar-refractivity contribution in [3.63, 3.8) is 0 Å². The molecule has 2 N–H and O–H groups in total. The number of amides is 1. The predicted octanol–water partition coefficient (Wildman–Crippen LogP) is 3.49. The molecule has 0 bridgehead atoms. The first-order chi connectivity index (χ1) is 11.3. The molecule has 0 aromatic rings. The number of rotatable bonds is 8. The van der Waals surface area contributed by atoms with Crippen molar-refractivity contribution < 1.29 is 67.3 Å². The van der Waals surface area contributed by atoms with Crippen molar-refractivity contribution in [3.05, 3.63) is 0 Å². The third kappa shape index (κ3) is 3.59. The van der Waals surface area contributed by atoms with Crippen LogP contribution in [-0.2, 0) is 4.74 Å². The van der Waals surface area contributed by atoms with Crippen molar-refractivity contribution in [2.24, 2.45) is 0 Å². The molecule has 0 aromatic carbocycles. The smallest absolute Gasteiger partial charge is 0.409 e. The number of nitrogens with one attached hydrogen (secondary N) is 1. The molecule has 0 saturated carbocycles. The molecule has 0 unspecified atom stereocenters. The molecule has 26 heavy (non-hydrogen) atoms. The second kappa shape index (κ2) is 7.19. The van der Waals surface area contributed by atoms with Gasteiger partial charge in [-0.2, -0.15) is 43.9 Å². The SMILES string of the molecule is CCOC(=O)N[C@@H](O)C(F)(F)C(F)(F)C(F)(F)C(F)(F)C(F)(F)C(F)F. The van der Waals surface area contributed by atoms with E-state index in [2.05, 4.69) is 4.74 Å². The lowest BCUT2D eigenvalue weighted by Crippen LogP contribution is -2.71. The minimum Gasteiger partial charge on any atom is -0.450 e. The molecule has 4 nitrogen and oxygen atoms in total. The topological polar surface area (TPSA) is 58.6 Å². The molecule has 0 aliphatic heterocycles. The Labute approximate surface area is 136 Å². The van der Waals surface area contributed by atoms with Crippen LogP contribution in [0, 0.1) is 0 Å². The number of ether oxygens (including phenoxy) is 1. The largest absolute Gasteiger partial charge is 0.450 e. The summed E-state index contributed by atoms with van der Waals surface area (Å²) in [7, 11) is 0. The fourth-order valence-corrected chi connectivity index (χ4v) is 1.30. The number of alkyl halides is 12. The summed E-state index contributed by atoms with van der Waals surface area (Å²) in [6.07, 6.45) is -12.1. The van der Waals surface area contributed by atoms with E-state index in [1.807, 2.05) is 0 Å². The molecule has 0 rings (SSSR count).